The van der Waals surface area contributed by atoms with E-state index >= 15 is 0 Å². The number of aromatic nitrogens is 5. The maximum absolute atomic E-state index is 12.9. The summed E-state index contributed by atoms with van der Waals surface area (Å²) in [6.45, 7) is 7.26. The van der Waals surface area contributed by atoms with Gasteiger partial charge in [-0.15, -0.1) is 20.4 Å². The van der Waals surface area contributed by atoms with Crippen molar-refractivity contribution in [3.05, 3.63) is 79.6 Å². The van der Waals surface area contributed by atoms with Gasteiger partial charge in [-0.05, 0) is 51.0 Å². The van der Waals surface area contributed by atoms with Gasteiger partial charge in [-0.25, -0.2) is 0 Å². The van der Waals surface area contributed by atoms with Gasteiger partial charge < -0.3 is 5.32 Å². The highest BCUT2D eigenvalue weighted by Gasteiger charge is 2.21. The zero-order valence-electron chi connectivity index (χ0n) is 21.0. The minimum absolute atomic E-state index is 0.0121. The molecular weight excluding hydrogens is 528 g/mol. The number of nitrogens with zero attached hydrogens (tertiary/aromatic N) is 6. The number of thioether (sulfide) groups is 1. The number of aryl methyl sites for hydroxylation is 3. The van der Waals surface area contributed by atoms with Crippen LogP contribution in [-0.4, -0.2) is 47.5 Å². The highest BCUT2D eigenvalue weighted by molar-refractivity contribution is 7.99. The van der Waals surface area contributed by atoms with Crippen LogP contribution in [0.2, 0.25) is 0 Å². The first-order valence-corrected chi connectivity index (χ1v) is 13.2. The van der Waals surface area contributed by atoms with Crippen LogP contribution in [0.4, 0.5) is 10.8 Å². The number of hydrogen-bond donors (Lipinski definition) is 2. The quantitative estimate of drug-likeness (QED) is 0.178. The molecule has 2 aromatic heterocycles. The van der Waals surface area contributed by atoms with Crippen LogP contribution >= 0.6 is 23.1 Å². The summed E-state index contributed by atoms with van der Waals surface area (Å²) in [5.41, 5.74) is 3.13. The van der Waals surface area contributed by atoms with Crippen LogP contribution in [-0.2, 0) is 11.3 Å². The van der Waals surface area contributed by atoms with E-state index in [1.54, 1.807) is 11.5 Å². The van der Waals surface area contributed by atoms with E-state index in [-0.39, 0.29) is 35.0 Å². The monoisotopic (exact) mass is 552 g/mol. The lowest BCUT2D eigenvalue weighted by Crippen LogP contribution is -2.25. The van der Waals surface area contributed by atoms with E-state index in [0.29, 0.717) is 16.1 Å². The SMILES string of the molecule is Cc1ccc(C)c(-n2c(CNC(=O)c3cccc([N+](=O)[O-])c3C)nnc2SCC(=O)Nc2nnc(C)s2)c1. The van der Waals surface area contributed by atoms with Crippen LogP contribution in [0.15, 0.2) is 41.6 Å². The third-order valence-corrected chi connectivity index (χ3v) is 7.25. The van der Waals surface area contributed by atoms with Crippen molar-refractivity contribution in [3.63, 3.8) is 0 Å². The van der Waals surface area contributed by atoms with Crippen molar-refractivity contribution >= 4 is 45.7 Å². The maximum Gasteiger partial charge on any atom is 0.273 e. The molecule has 0 bridgehead atoms. The predicted octanol–water partition coefficient (Wildman–Crippen LogP) is 3.92. The van der Waals surface area contributed by atoms with Crippen LogP contribution in [0.25, 0.3) is 5.69 Å². The average Bonchev–Trinajstić information content (AvgIpc) is 3.47. The number of nitro benzene ring substituents is 1. The summed E-state index contributed by atoms with van der Waals surface area (Å²) >= 11 is 2.48. The van der Waals surface area contributed by atoms with E-state index in [2.05, 4.69) is 31.0 Å². The Morgan fingerprint density at radius 1 is 1.08 bits per heavy atom. The van der Waals surface area contributed by atoms with E-state index in [1.165, 1.54) is 48.2 Å². The third kappa shape index (κ3) is 6.03. The first-order chi connectivity index (χ1) is 18.1. The first-order valence-electron chi connectivity index (χ1n) is 11.4. The summed E-state index contributed by atoms with van der Waals surface area (Å²) in [5, 5.41) is 34.8. The van der Waals surface area contributed by atoms with Crippen molar-refractivity contribution in [1.29, 1.82) is 0 Å². The van der Waals surface area contributed by atoms with E-state index in [4.69, 9.17) is 0 Å². The smallest absolute Gasteiger partial charge is 0.273 e. The molecule has 2 amide bonds. The van der Waals surface area contributed by atoms with E-state index < -0.39 is 10.8 Å². The molecule has 14 heteroatoms. The standard InChI is InChI=1S/C24H24N8O4S2/c1-13-8-9-14(2)19(10-13)31-20(11-25-22(34)17-6-5-7-18(15(17)3)32(35)36)28-30-24(31)37-12-21(33)26-23-29-27-16(4)38-23/h5-10H,11-12H2,1-4H3,(H,25,34)(H,26,29,33). The average molecular weight is 553 g/mol. The molecule has 0 saturated carbocycles. The number of benzene rings is 2. The Morgan fingerprint density at radius 3 is 2.58 bits per heavy atom. The summed E-state index contributed by atoms with van der Waals surface area (Å²) in [7, 11) is 0. The molecule has 0 atom stereocenters. The number of nitrogens with one attached hydrogen (secondary N) is 2. The Hall–Kier alpha value is -4.17. The van der Waals surface area contributed by atoms with Crippen molar-refractivity contribution in [2.45, 2.75) is 39.4 Å². The summed E-state index contributed by atoms with van der Waals surface area (Å²) in [4.78, 5) is 36.2. The van der Waals surface area contributed by atoms with E-state index in [9.17, 15) is 19.7 Å². The normalized spacial score (nSPS) is 10.8. The van der Waals surface area contributed by atoms with Crippen molar-refractivity contribution in [3.8, 4) is 5.69 Å². The van der Waals surface area contributed by atoms with Crippen LogP contribution < -0.4 is 10.6 Å². The molecule has 196 valence electrons. The molecule has 2 N–H and O–H groups in total. The van der Waals surface area contributed by atoms with Crippen molar-refractivity contribution in [2.24, 2.45) is 0 Å². The molecule has 0 unspecified atom stereocenters. The highest BCUT2D eigenvalue weighted by Crippen LogP contribution is 2.26. The highest BCUT2D eigenvalue weighted by atomic mass is 32.2. The minimum Gasteiger partial charge on any atom is -0.345 e. The molecular formula is C24H24N8O4S2. The van der Waals surface area contributed by atoms with E-state index in [1.807, 2.05) is 32.0 Å². The zero-order chi connectivity index (χ0) is 27.4. The molecule has 0 fully saturated rings. The number of rotatable bonds is 9. The summed E-state index contributed by atoms with van der Waals surface area (Å²) in [5.74, 6) is -0.237. The minimum atomic E-state index is -0.519. The number of carbonyl (C=O) groups excluding carboxylic acids is 2. The second-order valence-corrected chi connectivity index (χ2v) is 10.5. The van der Waals surface area contributed by atoms with Gasteiger partial charge in [-0.1, -0.05) is 41.3 Å². The fourth-order valence-corrected chi connectivity index (χ4v) is 5.04. The predicted molar refractivity (Wildman–Crippen MR) is 144 cm³/mol. The van der Waals surface area contributed by atoms with Crippen LogP contribution in [0.1, 0.15) is 37.9 Å². The molecule has 0 radical (unpaired) electrons. The van der Waals surface area contributed by atoms with Gasteiger partial charge in [-0.2, -0.15) is 0 Å². The van der Waals surface area contributed by atoms with Gasteiger partial charge >= 0.3 is 0 Å². The van der Waals surface area contributed by atoms with Crippen molar-refractivity contribution < 1.29 is 14.5 Å². The molecule has 38 heavy (non-hydrogen) atoms. The topological polar surface area (TPSA) is 158 Å². The molecule has 0 aliphatic heterocycles. The molecule has 4 aromatic rings. The largest absolute Gasteiger partial charge is 0.345 e. The van der Waals surface area contributed by atoms with E-state index in [0.717, 1.165) is 21.8 Å². The van der Waals surface area contributed by atoms with Crippen molar-refractivity contribution in [1.82, 2.24) is 30.3 Å². The molecule has 0 spiro atoms. The van der Waals surface area contributed by atoms with Gasteiger partial charge in [0, 0.05) is 17.2 Å². The van der Waals surface area contributed by atoms with Gasteiger partial charge in [0.1, 0.15) is 5.01 Å². The Kier molecular flexibility index (Phi) is 8.12. The van der Waals surface area contributed by atoms with Crippen LogP contribution in [0.5, 0.6) is 0 Å². The summed E-state index contributed by atoms with van der Waals surface area (Å²) < 4.78 is 1.80. The van der Waals surface area contributed by atoms with Gasteiger partial charge in [-0.3, -0.25) is 29.6 Å². The van der Waals surface area contributed by atoms with Gasteiger partial charge in [0.2, 0.25) is 11.0 Å². The lowest BCUT2D eigenvalue weighted by Gasteiger charge is -2.14. The number of anilines is 1. The Labute approximate surface area is 226 Å². The Balaban J connectivity index is 1.57. The molecule has 0 saturated heterocycles. The number of carbonyl (C=O) groups is 2. The molecule has 0 aliphatic carbocycles. The lowest BCUT2D eigenvalue weighted by molar-refractivity contribution is -0.385. The number of hydrogen-bond acceptors (Lipinski definition) is 10. The number of amides is 2. The van der Waals surface area contributed by atoms with Gasteiger partial charge in [0.25, 0.3) is 11.6 Å². The third-order valence-electron chi connectivity index (χ3n) is 5.56. The molecule has 2 aromatic carbocycles. The van der Waals surface area contributed by atoms with Crippen molar-refractivity contribution in [2.75, 3.05) is 11.1 Å². The summed E-state index contributed by atoms with van der Waals surface area (Å²) in [6.07, 6.45) is 0. The van der Waals surface area contributed by atoms with Gasteiger partial charge in [0.15, 0.2) is 11.0 Å². The molecule has 2 heterocycles. The Bertz CT molecular complexity index is 1530. The second kappa shape index (κ2) is 11.5. The van der Waals surface area contributed by atoms with Gasteiger partial charge in [0.05, 0.1) is 22.9 Å². The summed E-state index contributed by atoms with van der Waals surface area (Å²) in [6, 6.07) is 10.3. The van der Waals surface area contributed by atoms with Crippen LogP contribution in [0, 0.1) is 37.8 Å². The fraction of sp³-hybridized carbons (Fsp3) is 0.250. The van der Waals surface area contributed by atoms with Crippen LogP contribution in [0.3, 0.4) is 0 Å². The second-order valence-electron chi connectivity index (χ2n) is 8.38. The molecule has 4 rings (SSSR count). The first kappa shape index (κ1) is 26.9. The Morgan fingerprint density at radius 2 is 1.87 bits per heavy atom. The number of nitro groups is 1. The lowest BCUT2D eigenvalue weighted by atomic mass is 10.1. The molecule has 12 nitrogen and oxygen atoms in total. The fourth-order valence-electron chi connectivity index (χ4n) is 3.66. The maximum atomic E-state index is 12.9. The molecule has 0 aliphatic rings. The zero-order valence-corrected chi connectivity index (χ0v) is 22.6.